The van der Waals surface area contributed by atoms with Gasteiger partial charge in [-0.05, 0) is 47.8 Å². The van der Waals surface area contributed by atoms with E-state index in [9.17, 15) is 9.59 Å². The summed E-state index contributed by atoms with van der Waals surface area (Å²) in [5, 5.41) is 4.46. The Balaban J connectivity index is 1.64. The maximum absolute atomic E-state index is 12.8. The number of fused-ring (bicyclic) bond motifs is 1. The van der Waals surface area contributed by atoms with E-state index in [0.29, 0.717) is 5.69 Å². The summed E-state index contributed by atoms with van der Waals surface area (Å²) in [5.74, 6) is -0.242. The highest BCUT2D eigenvalue weighted by Gasteiger charge is 2.40. The number of benzene rings is 3. The number of rotatable bonds is 3. The second-order valence-corrected chi connectivity index (χ2v) is 7.00. The topological polar surface area (TPSA) is 49.4 Å². The number of hydrogen-bond acceptors (Lipinski definition) is 4. The first-order chi connectivity index (χ1) is 12.1. The maximum Gasteiger partial charge on any atom is 0.295 e. The van der Waals surface area contributed by atoms with Crippen LogP contribution >= 0.6 is 11.8 Å². The van der Waals surface area contributed by atoms with E-state index >= 15 is 0 Å². The van der Waals surface area contributed by atoms with Crippen molar-refractivity contribution in [3.05, 3.63) is 72.3 Å². The summed E-state index contributed by atoms with van der Waals surface area (Å²) in [7, 11) is 0. The number of imide groups is 1. The summed E-state index contributed by atoms with van der Waals surface area (Å²) in [5.41, 5.74) is 2.47. The molecule has 1 N–H and O–H groups in total. The molecular weight excluding hydrogens is 332 g/mol. The molecule has 1 unspecified atom stereocenters. The molecule has 4 rings (SSSR count). The molecule has 1 saturated heterocycles. The molecule has 124 valence electrons. The highest BCUT2D eigenvalue weighted by Crippen LogP contribution is 2.34. The van der Waals surface area contributed by atoms with Crippen LogP contribution in [0.3, 0.4) is 0 Å². The van der Waals surface area contributed by atoms with Gasteiger partial charge in [0.25, 0.3) is 11.1 Å². The molecule has 3 aromatic carbocycles. The first-order valence-corrected chi connectivity index (χ1v) is 8.87. The molecule has 1 aliphatic rings. The fourth-order valence-corrected chi connectivity index (χ4v) is 3.89. The monoisotopic (exact) mass is 348 g/mol. The minimum atomic E-state index is -0.626. The zero-order chi connectivity index (χ0) is 17.4. The van der Waals surface area contributed by atoms with Gasteiger partial charge in [-0.15, -0.1) is 0 Å². The van der Waals surface area contributed by atoms with Gasteiger partial charge in [0.2, 0.25) is 0 Å². The van der Waals surface area contributed by atoms with E-state index in [1.807, 2.05) is 67.6 Å². The predicted octanol–water partition coefficient (Wildman–Crippen LogP) is 4.79. The molecule has 0 radical (unpaired) electrons. The molecule has 4 nitrogen and oxygen atoms in total. The zero-order valence-corrected chi connectivity index (χ0v) is 14.4. The molecule has 2 amide bonds. The quantitative estimate of drug-likeness (QED) is 0.739. The predicted molar refractivity (Wildman–Crippen MR) is 103 cm³/mol. The average Bonchev–Trinajstić information content (AvgIpc) is 2.89. The van der Waals surface area contributed by atoms with Crippen molar-refractivity contribution < 1.29 is 9.59 Å². The van der Waals surface area contributed by atoms with Gasteiger partial charge in [0.05, 0.1) is 5.69 Å². The van der Waals surface area contributed by atoms with Gasteiger partial charge in [0, 0.05) is 11.1 Å². The molecule has 5 heteroatoms. The summed E-state index contributed by atoms with van der Waals surface area (Å²) in [6, 6.07) is 21.3. The molecule has 0 spiro atoms. The van der Waals surface area contributed by atoms with Crippen molar-refractivity contribution in [3.63, 3.8) is 0 Å². The van der Waals surface area contributed by atoms with Crippen LogP contribution in [0.4, 0.5) is 16.2 Å². The molecule has 1 fully saturated rings. The Bertz CT molecular complexity index is 981. The molecule has 0 aromatic heterocycles. The van der Waals surface area contributed by atoms with Gasteiger partial charge >= 0.3 is 0 Å². The van der Waals surface area contributed by atoms with E-state index in [2.05, 4.69) is 5.32 Å². The fourth-order valence-electron chi connectivity index (χ4n) is 2.99. The third kappa shape index (κ3) is 2.87. The van der Waals surface area contributed by atoms with Gasteiger partial charge in [0.1, 0.15) is 0 Å². The molecule has 1 heterocycles. The number of thioether (sulfide) groups is 1. The minimum Gasteiger partial charge on any atom is -0.365 e. The molecule has 0 aliphatic carbocycles. The second-order valence-electron chi connectivity index (χ2n) is 5.95. The largest absolute Gasteiger partial charge is 0.365 e. The van der Waals surface area contributed by atoms with Crippen LogP contribution in [-0.2, 0) is 4.79 Å². The third-order valence-electron chi connectivity index (χ3n) is 4.18. The lowest BCUT2D eigenvalue weighted by Gasteiger charge is -2.16. The van der Waals surface area contributed by atoms with Gasteiger partial charge in [-0.25, -0.2) is 4.90 Å². The summed E-state index contributed by atoms with van der Waals surface area (Å²) in [6.07, 6.45) is 0. The Morgan fingerprint density at radius 3 is 2.56 bits per heavy atom. The lowest BCUT2D eigenvalue weighted by atomic mass is 10.1. The first kappa shape index (κ1) is 15.7. The Morgan fingerprint density at radius 1 is 0.960 bits per heavy atom. The van der Waals surface area contributed by atoms with E-state index in [0.717, 1.165) is 33.8 Å². The standard InChI is InChI=1S/C20H16N2O2S/c1-13-6-4-9-15(12-13)22-19(23)18(25-20(22)24)21-17-11-5-8-14-7-2-3-10-16(14)17/h2-12,18,21H,1H3. The summed E-state index contributed by atoms with van der Waals surface area (Å²) in [6.45, 7) is 1.94. The number of nitrogens with zero attached hydrogens (tertiary/aromatic N) is 1. The Hall–Kier alpha value is -2.79. The van der Waals surface area contributed by atoms with E-state index in [-0.39, 0.29) is 11.1 Å². The number of aryl methyl sites for hydroxylation is 1. The third-order valence-corrected chi connectivity index (χ3v) is 5.12. The number of amides is 2. The number of nitrogens with one attached hydrogen (secondary N) is 1. The van der Waals surface area contributed by atoms with Crippen molar-refractivity contribution in [1.29, 1.82) is 0 Å². The van der Waals surface area contributed by atoms with Gasteiger partial charge in [-0.3, -0.25) is 9.59 Å². The van der Waals surface area contributed by atoms with Crippen LogP contribution in [0.2, 0.25) is 0 Å². The number of carbonyl (C=O) groups is 2. The van der Waals surface area contributed by atoms with Crippen molar-refractivity contribution >= 4 is 45.1 Å². The highest BCUT2D eigenvalue weighted by atomic mass is 32.2. The smallest absolute Gasteiger partial charge is 0.295 e. The van der Waals surface area contributed by atoms with Crippen molar-refractivity contribution in [2.45, 2.75) is 12.3 Å². The zero-order valence-electron chi connectivity index (χ0n) is 13.6. The second kappa shape index (κ2) is 6.26. The van der Waals surface area contributed by atoms with E-state index in [1.165, 1.54) is 4.90 Å². The molecular formula is C20H16N2O2S. The van der Waals surface area contributed by atoms with Gasteiger partial charge in [-0.2, -0.15) is 0 Å². The lowest BCUT2D eigenvalue weighted by Crippen LogP contribution is -2.34. The minimum absolute atomic E-state index is 0.242. The number of anilines is 2. The van der Waals surface area contributed by atoms with Crippen LogP contribution in [0.1, 0.15) is 5.56 Å². The summed E-state index contributed by atoms with van der Waals surface area (Å²) < 4.78 is 0. The number of hydrogen-bond donors (Lipinski definition) is 1. The van der Waals surface area contributed by atoms with Crippen molar-refractivity contribution in [2.24, 2.45) is 0 Å². The SMILES string of the molecule is Cc1cccc(N2C(=O)SC(Nc3cccc4ccccc34)C2=O)c1. The molecule has 0 saturated carbocycles. The first-order valence-electron chi connectivity index (χ1n) is 7.99. The molecule has 1 aliphatic heterocycles. The van der Waals surface area contributed by atoms with Gasteiger partial charge < -0.3 is 5.32 Å². The van der Waals surface area contributed by atoms with Crippen LogP contribution in [-0.4, -0.2) is 16.5 Å². The Kier molecular flexibility index (Phi) is 3.93. The Morgan fingerprint density at radius 2 is 1.72 bits per heavy atom. The maximum atomic E-state index is 12.8. The van der Waals surface area contributed by atoms with E-state index in [4.69, 9.17) is 0 Å². The lowest BCUT2D eigenvalue weighted by molar-refractivity contribution is -0.116. The Labute approximate surface area is 149 Å². The van der Waals surface area contributed by atoms with E-state index in [1.54, 1.807) is 6.07 Å². The summed E-state index contributed by atoms with van der Waals surface area (Å²) >= 11 is 1.01. The fraction of sp³-hybridized carbons (Fsp3) is 0.100. The molecule has 3 aromatic rings. The van der Waals surface area contributed by atoms with Crippen LogP contribution in [0, 0.1) is 6.92 Å². The van der Waals surface area contributed by atoms with Crippen LogP contribution in [0.5, 0.6) is 0 Å². The van der Waals surface area contributed by atoms with Crippen molar-refractivity contribution in [3.8, 4) is 0 Å². The van der Waals surface area contributed by atoms with Crippen LogP contribution in [0.25, 0.3) is 10.8 Å². The van der Waals surface area contributed by atoms with Crippen LogP contribution in [0.15, 0.2) is 66.7 Å². The van der Waals surface area contributed by atoms with Crippen molar-refractivity contribution in [2.75, 3.05) is 10.2 Å². The average molecular weight is 348 g/mol. The summed E-state index contributed by atoms with van der Waals surface area (Å²) in [4.78, 5) is 26.4. The number of carbonyl (C=O) groups excluding carboxylic acids is 2. The normalized spacial score (nSPS) is 17.3. The molecule has 1 atom stereocenters. The van der Waals surface area contributed by atoms with E-state index < -0.39 is 5.37 Å². The van der Waals surface area contributed by atoms with Gasteiger partial charge in [-0.1, -0.05) is 48.5 Å². The van der Waals surface area contributed by atoms with Gasteiger partial charge in [0.15, 0.2) is 5.37 Å². The van der Waals surface area contributed by atoms with Crippen molar-refractivity contribution in [1.82, 2.24) is 0 Å². The van der Waals surface area contributed by atoms with Crippen LogP contribution < -0.4 is 10.2 Å². The molecule has 25 heavy (non-hydrogen) atoms. The molecule has 0 bridgehead atoms. The highest BCUT2D eigenvalue weighted by molar-refractivity contribution is 8.16.